The highest BCUT2D eigenvalue weighted by Crippen LogP contribution is 2.30. The van der Waals surface area contributed by atoms with Crippen LogP contribution >= 0.6 is 11.8 Å². The summed E-state index contributed by atoms with van der Waals surface area (Å²) in [5.74, 6) is 0.171. The highest BCUT2D eigenvalue weighted by atomic mass is 32.2. The summed E-state index contributed by atoms with van der Waals surface area (Å²) >= 11 is 1.61. The quantitative estimate of drug-likeness (QED) is 0.780. The lowest BCUT2D eigenvalue weighted by Gasteiger charge is -2.40. The van der Waals surface area contributed by atoms with Crippen LogP contribution in [0.4, 0.5) is 0 Å². The first-order valence-electron chi connectivity index (χ1n) is 8.59. The second-order valence-electron chi connectivity index (χ2n) is 7.11. The molecule has 0 heterocycles. The summed E-state index contributed by atoms with van der Waals surface area (Å²) < 4.78 is 25.6. The van der Waals surface area contributed by atoms with E-state index in [9.17, 15) is 8.42 Å². The van der Waals surface area contributed by atoms with Crippen molar-refractivity contribution in [3.05, 3.63) is 24.3 Å². The molecule has 0 aliphatic heterocycles. The summed E-state index contributed by atoms with van der Waals surface area (Å²) in [4.78, 5) is 3.83. The van der Waals surface area contributed by atoms with Gasteiger partial charge < -0.3 is 10.6 Å². The zero-order valence-electron chi connectivity index (χ0n) is 15.1. The molecule has 0 bridgehead atoms. The summed E-state index contributed by atoms with van der Waals surface area (Å²) in [7, 11) is -1.17. The van der Waals surface area contributed by atoms with E-state index in [4.69, 9.17) is 5.73 Å². The highest BCUT2D eigenvalue weighted by molar-refractivity contribution is 7.98. The normalized spacial score (nSPS) is 25.4. The first-order chi connectivity index (χ1) is 11.2. The Bertz CT molecular complexity index is 629. The molecule has 0 spiro atoms. The number of hydrogen-bond donors (Lipinski definition) is 1. The molecule has 1 aromatic rings. The fraction of sp³-hybridized carbons (Fsp3) is 0.667. The Balaban J connectivity index is 2.11. The topological polar surface area (TPSA) is 63.4 Å². The van der Waals surface area contributed by atoms with Gasteiger partial charge in [-0.1, -0.05) is 0 Å². The molecule has 4 nitrogen and oxygen atoms in total. The maximum Gasteiger partial charge on any atom is 0.178 e. The zero-order chi connectivity index (χ0) is 17.9. The van der Waals surface area contributed by atoms with E-state index in [0.29, 0.717) is 17.0 Å². The van der Waals surface area contributed by atoms with Crippen LogP contribution < -0.4 is 5.73 Å². The van der Waals surface area contributed by atoms with Crippen molar-refractivity contribution in [2.24, 2.45) is 11.7 Å². The third-order valence-electron chi connectivity index (χ3n) is 5.26. The van der Waals surface area contributed by atoms with Crippen LogP contribution in [0, 0.1) is 5.92 Å². The summed E-state index contributed by atoms with van der Waals surface area (Å²) in [5.41, 5.74) is 6.26. The lowest BCUT2D eigenvalue weighted by molar-refractivity contribution is 0.124. The van der Waals surface area contributed by atoms with Crippen LogP contribution in [0.5, 0.6) is 0 Å². The maximum absolute atomic E-state index is 12.8. The number of sulfone groups is 1. The minimum absolute atomic E-state index is 0.0233. The average Bonchev–Trinajstić information content (AvgIpc) is 2.56. The Hall–Kier alpha value is -0.560. The van der Waals surface area contributed by atoms with E-state index in [1.165, 1.54) is 0 Å². The largest absolute Gasteiger partial charge is 0.327 e. The number of hydrogen-bond acceptors (Lipinski definition) is 5. The van der Waals surface area contributed by atoms with Crippen LogP contribution in [-0.2, 0) is 9.84 Å². The Morgan fingerprint density at radius 3 is 2.42 bits per heavy atom. The van der Waals surface area contributed by atoms with Crippen molar-refractivity contribution >= 4 is 21.6 Å². The average molecular weight is 371 g/mol. The molecule has 1 fully saturated rings. The van der Waals surface area contributed by atoms with Gasteiger partial charge in [0, 0.05) is 23.0 Å². The van der Waals surface area contributed by atoms with E-state index in [1.807, 2.05) is 18.4 Å². The van der Waals surface area contributed by atoms with Crippen LogP contribution in [0.3, 0.4) is 0 Å². The molecule has 1 aromatic carbocycles. The molecule has 0 unspecified atom stereocenters. The molecule has 0 amide bonds. The van der Waals surface area contributed by atoms with Gasteiger partial charge in [0.25, 0.3) is 0 Å². The fourth-order valence-corrected chi connectivity index (χ4v) is 5.51. The summed E-state index contributed by atoms with van der Waals surface area (Å²) in [6.45, 7) is 4.35. The minimum Gasteiger partial charge on any atom is -0.327 e. The second-order valence-corrected chi connectivity index (χ2v) is 10.0. The first kappa shape index (κ1) is 19.8. The molecule has 0 aromatic heterocycles. The number of thioether (sulfide) groups is 1. The van der Waals surface area contributed by atoms with E-state index in [2.05, 4.69) is 25.8 Å². The van der Waals surface area contributed by atoms with E-state index in [0.717, 1.165) is 24.2 Å². The Morgan fingerprint density at radius 2 is 1.88 bits per heavy atom. The Morgan fingerprint density at radius 1 is 1.25 bits per heavy atom. The van der Waals surface area contributed by atoms with Gasteiger partial charge in [0.15, 0.2) is 9.84 Å². The van der Waals surface area contributed by atoms with Gasteiger partial charge in [0.2, 0.25) is 0 Å². The third-order valence-corrected chi connectivity index (χ3v) is 7.86. The Kier molecular flexibility index (Phi) is 6.76. The summed E-state index contributed by atoms with van der Waals surface area (Å²) in [5, 5.41) is 0. The van der Waals surface area contributed by atoms with Crippen LogP contribution in [0.1, 0.15) is 33.1 Å². The van der Waals surface area contributed by atoms with Crippen molar-refractivity contribution in [3.8, 4) is 0 Å². The van der Waals surface area contributed by atoms with Crippen molar-refractivity contribution in [1.29, 1.82) is 0 Å². The molecule has 6 heteroatoms. The SMILES string of the molecule is CSc1ccc(S(=O)(=O)C[C@@H]2C[C@H](N(C)C(C)C)CC[C@@H]2N)cc1. The number of benzene rings is 1. The van der Waals surface area contributed by atoms with E-state index in [-0.39, 0.29) is 17.7 Å². The van der Waals surface area contributed by atoms with Gasteiger partial charge in [-0.05, 0) is 76.6 Å². The van der Waals surface area contributed by atoms with Crippen molar-refractivity contribution in [2.75, 3.05) is 19.1 Å². The maximum atomic E-state index is 12.8. The fourth-order valence-electron chi connectivity index (χ4n) is 3.41. The Labute approximate surface area is 151 Å². The molecule has 1 aliphatic rings. The van der Waals surface area contributed by atoms with Gasteiger partial charge in [-0.15, -0.1) is 11.8 Å². The molecular weight excluding hydrogens is 340 g/mol. The minimum atomic E-state index is -3.29. The second kappa shape index (κ2) is 8.21. The number of rotatable bonds is 6. The standard InChI is InChI=1S/C18H30N2O2S2/c1-13(2)20(3)15-5-10-18(19)14(11-15)12-24(21,22)17-8-6-16(23-4)7-9-17/h6-9,13-15,18H,5,10-12,19H2,1-4H3/t14-,15+,18-/m0/s1. The van der Waals surface area contributed by atoms with Crippen molar-refractivity contribution in [1.82, 2.24) is 4.90 Å². The molecule has 0 saturated heterocycles. The van der Waals surface area contributed by atoms with Gasteiger partial charge in [-0.25, -0.2) is 8.42 Å². The van der Waals surface area contributed by atoms with E-state index >= 15 is 0 Å². The van der Waals surface area contributed by atoms with Crippen molar-refractivity contribution in [2.45, 2.75) is 61.0 Å². The van der Waals surface area contributed by atoms with Gasteiger partial charge in [-0.2, -0.15) is 0 Å². The van der Waals surface area contributed by atoms with Gasteiger partial charge in [0.1, 0.15) is 0 Å². The van der Waals surface area contributed by atoms with Gasteiger partial charge in [0.05, 0.1) is 10.6 Å². The van der Waals surface area contributed by atoms with Gasteiger partial charge >= 0.3 is 0 Å². The lowest BCUT2D eigenvalue weighted by Crippen LogP contribution is -2.48. The molecule has 136 valence electrons. The highest BCUT2D eigenvalue weighted by Gasteiger charge is 2.34. The molecule has 1 saturated carbocycles. The smallest absolute Gasteiger partial charge is 0.178 e. The van der Waals surface area contributed by atoms with Crippen LogP contribution in [0.2, 0.25) is 0 Å². The molecular formula is C18H30N2O2S2. The third kappa shape index (κ3) is 4.75. The summed E-state index contributed by atoms with van der Waals surface area (Å²) in [6.07, 6.45) is 4.79. The molecule has 1 aliphatic carbocycles. The monoisotopic (exact) mass is 370 g/mol. The zero-order valence-corrected chi connectivity index (χ0v) is 16.7. The predicted molar refractivity (Wildman–Crippen MR) is 102 cm³/mol. The van der Waals surface area contributed by atoms with Crippen LogP contribution in [0.15, 0.2) is 34.1 Å². The van der Waals surface area contributed by atoms with Crippen LogP contribution in [0.25, 0.3) is 0 Å². The number of nitrogens with zero attached hydrogens (tertiary/aromatic N) is 1. The lowest BCUT2D eigenvalue weighted by atomic mass is 9.82. The van der Waals surface area contributed by atoms with Crippen molar-refractivity contribution < 1.29 is 8.42 Å². The van der Waals surface area contributed by atoms with E-state index < -0.39 is 9.84 Å². The predicted octanol–water partition coefficient (Wildman–Crippen LogP) is 3.02. The van der Waals surface area contributed by atoms with E-state index in [1.54, 1.807) is 23.9 Å². The molecule has 3 atom stereocenters. The molecule has 2 rings (SSSR count). The van der Waals surface area contributed by atoms with Crippen molar-refractivity contribution in [3.63, 3.8) is 0 Å². The molecule has 0 radical (unpaired) electrons. The van der Waals surface area contributed by atoms with Crippen LogP contribution in [-0.4, -0.2) is 50.5 Å². The first-order valence-corrected chi connectivity index (χ1v) is 11.5. The summed E-state index contributed by atoms with van der Waals surface area (Å²) in [6, 6.07) is 8.02. The molecule has 24 heavy (non-hydrogen) atoms. The van der Waals surface area contributed by atoms with Gasteiger partial charge in [-0.3, -0.25) is 0 Å². The number of nitrogens with two attached hydrogens (primary N) is 1. The molecule has 2 N–H and O–H groups in total.